The molecule has 8 heteroatoms. The number of piperazine rings is 1. The zero-order chi connectivity index (χ0) is 14.3. The van der Waals surface area contributed by atoms with E-state index in [-0.39, 0.29) is 9.08 Å². The number of thiazole rings is 1. The molecule has 1 N–H and O–H groups in total. The summed E-state index contributed by atoms with van der Waals surface area (Å²) in [5, 5.41) is 0. The molecule has 0 unspecified atom stereocenters. The Morgan fingerprint density at radius 2 is 1.90 bits per heavy atom. The Balaban J connectivity index is 1.69. The molecule has 2 fully saturated rings. The van der Waals surface area contributed by atoms with Crippen molar-refractivity contribution >= 4 is 21.4 Å². The monoisotopic (exact) mass is 317 g/mol. The summed E-state index contributed by atoms with van der Waals surface area (Å²) < 4.78 is 26.7. The van der Waals surface area contributed by atoms with Crippen molar-refractivity contribution in [3.05, 3.63) is 15.4 Å². The fourth-order valence-corrected chi connectivity index (χ4v) is 5.43. The van der Waals surface area contributed by atoms with Gasteiger partial charge in [0.2, 0.25) is 0 Å². The van der Waals surface area contributed by atoms with Gasteiger partial charge in [0.15, 0.2) is 4.21 Å². The summed E-state index contributed by atoms with van der Waals surface area (Å²) in [5.41, 5.74) is 0.445. The zero-order valence-corrected chi connectivity index (χ0v) is 13.1. The van der Waals surface area contributed by atoms with Crippen molar-refractivity contribution < 1.29 is 8.42 Å². The number of nitrogens with zero attached hydrogens (tertiary/aromatic N) is 2. The SMILES string of the molecule is Cc1[nH]c(=O)sc1S(=O)(=O)N1CCN(CC2CC2)CC1. The summed E-state index contributed by atoms with van der Waals surface area (Å²) in [7, 11) is -3.51. The van der Waals surface area contributed by atoms with Crippen molar-refractivity contribution in [2.75, 3.05) is 32.7 Å². The summed E-state index contributed by atoms with van der Waals surface area (Å²) in [6.45, 7) is 5.34. The Morgan fingerprint density at radius 3 is 2.40 bits per heavy atom. The van der Waals surface area contributed by atoms with E-state index in [0.29, 0.717) is 18.8 Å². The molecule has 3 rings (SSSR count). The molecule has 2 aliphatic rings. The highest BCUT2D eigenvalue weighted by Gasteiger charge is 2.33. The first-order valence-corrected chi connectivity index (χ1v) is 9.14. The van der Waals surface area contributed by atoms with Crippen LogP contribution in [-0.2, 0) is 10.0 Å². The maximum absolute atomic E-state index is 12.5. The lowest BCUT2D eigenvalue weighted by molar-refractivity contribution is 0.182. The molecule has 0 amide bonds. The minimum absolute atomic E-state index is 0.165. The van der Waals surface area contributed by atoms with Crippen LogP contribution in [0.15, 0.2) is 9.00 Å². The smallest absolute Gasteiger partial charge is 0.305 e. The topological polar surface area (TPSA) is 73.5 Å². The third kappa shape index (κ3) is 2.83. The van der Waals surface area contributed by atoms with Crippen molar-refractivity contribution in [2.45, 2.75) is 24.0 Å². The molecule has 20 heavy (non-hydrogen) atoms. The number of hydrogen-bond donors (Lipinski definition) is 1. The molecule has 6 nitrogen and oxygen atoms in total. The van der Waals surface area contributed by atoms with Crippen molar-refractivity contribution in [2.24, 2.45) is 5.92 Å². The van der Waals surface area contributed by atoms with E-state index in [2.05, 4.69) is 9.88 Å². The van der Waals surface area contributed by atoms with Crippen molar-refractivity contribution in [3.63, 3.8) is 0 Å². The van der Waals surface area contributed by atoms with E-state index in [4.69, 9.17) is 0 Å². The number of sulfonamides is 1. The van der Waals surface area contributed by atoms with E-state index in [0.717, 1.165) is 36.9 Å². The lowest BCUT2D eigenvalue weighted by Crippen LogP contribution is -2.48. The number of hydrogen-bond acceptors (Lipinski definition) is 5. The first kappa shape index (κ1) is 14.2. The van der Waals surface area contributed by atoms with Crippen molar-refractivity contribution in [1.82, 2.24) is 14.2 Å². The van der Waals surface area contributed by atoms with Crippen LogP contribution in [0.2, 0.25) is 0 Å². The van der Waals surface area contributed by atoms with E-state index in [1.807, 2.05) is 0 Å². The summed E-state index contributed by atoms with van der Waals surface area (Å²) in [4.78, 5) is 15.9. The lowest BCUT2D eigenvalue weighted by Gasteiger charge is -2.33. The molecule has 1 aromatic rings. The van der Waals surface area contributed by atoms with E-state index < -0.39 is 10.0 Å². The van der Waals surface area contributed by atoms with Crippen LogP contribution in [0.1, 0.15) is 18.5 Å². The Kier molecular flexibility index (Phi) is 3.74. The molecular formula is C12H19N3O3S2. The average Bonchev–Trinajstić information content (AvgIpc) is 3.13. The van der Waals surface area contributed by atoms with Crippen LogP contribution in [0.3, 0.4) is 0 Å². The van der Waals surface area contributed by atoms with Gasteiger partial charge in [0.25, 0.3) is 10.0 Å². The largest absolute Gasteiger partial charge is 0.315 e. The molecule has 1 saturated heterocycles. The third-order valence-electron chi connectivity index (χ3n) is 3.90. The normalized spacial score (nSPS) is 22.2. The summed E-state index contributed by atoms with van der Waals surface area (Å²) in [6.07, 6.45) is 2.63. The maximum Gasteiger partial charge on any atom is 0.305 e. The predicted molar refractivity (Wildman–Crippen MR) is 77.6 cm³/mol. The minimum atomic E-state index is -3.51. The second-order valence-corrected chi connectivity index (χ2v) is 8.69. The Labute approximate surface area is 122 Å². The number of aromatic amines is 1. The first-order chi connectivity index (χ1) is 9.46. The van der Waals surface area contributed by atoms with Gasteiger partial charge in [0.1, 0.15) is 0 Å². The van der Waals surface area contributed by atoms with Crippen LogP contribution in [0.25, 0.3) is 0 Å². The highest BCUT2D eigenvalue weighted by atomic mass is 32.2. The molecular weight excluding hydrogens is 298 g/mol. The quantitative estimate of drug-likeness (QED) is 0.876. The van der Waals surface area contributed by atoms with Gasteiger partial charge in [-0.1, -0.05) is 11.3 Å². The number of aryl methyl sites for hydroxylation is 1. The summed E-state index contributed by atoms with van der Waals surface area (Å²) in [6, 6.07) is 0. The Bertz CT molecular complexity index is 637. The maximum atomic E-state index is 12.5. The van der Waals surface area contributed by atoms with Gasteiger partial charge in [0.05, 0.1) is 0 Å². The van der Waals surface area contributed by atoms with E-state index in [1.54, 1.807) is 6.92 Å². The Morgan fingerprint density at radius 1 is 1.25 bits per heavy atom. The van der Waals surface area contributed by atoms with E-state index >= 15 is 0 Å². The van der Waals surface area contributed by atoms with Crippen LogP contribution in [-0.4, -0.2) is 55.3 Å². The van der Waals surface area contributed by atoms with Gasteiger partial charge in [-0.25, -0.2) is 8.42 Å². The molecule has 1 saturated carbocycles. The van der Waals surface area contributed by atoms with Gasteiger partial charge < -0.3 is 9.88 Å². The highest BCUT2D eigenvalue weighted by molar-refractivity contribution is 7.91. The molecule has 1 aromatic heterocycles. The number of nitrogens with one attached hydrogen (secondary N) is 1. The van der Waals surface area contributed by atoms with Crippen LogP contribution < -0.4 is 4.87 Å². The fraction of sp³-hybridized carbons (Fsp3) is 0.750. The Hall–Kier alpha value is -0.700. The molecule has 0 radical (unpaired) electrons. The lowest BCUT2D eigenvalue weighted by atomic mass is 10.3. The number of aromatic nitrogens is 1. The predicted octanol–water partition coefficient (Wildman–Crippen LogP) is 0.461. The van der Waals surface area contributed by atoms with Crippen molar-refractivity contribution in [1.29, 1.82) is 0 Å². The minimum Gasteiger partial charge on any atom is -0.315 e. The molecule has 0 aromatic carbocycles. The molecule has 1 aliphatic carbocycles. The van der Waals surface area contributed by atoms with Gasteiger partial charge in [-0.15, -0.1) is 0 Å². The molecule has 0 atom stereocenters. The molecule has 112 valence electrons. The standard InChI is InChI=1S/C12H19N3O3S2/c1-9-11(19-12(16)13-9)20(17,18)15-6-4-14(5-7-15)8-10-2-3-10/h10H,2-8H2,1H3,(H,13,16). The molecule has 1 aliphatic heterocycles. The third-order valence-corrected chi connectivity index (χ3v) is 7.38. The fourth-order valence-electron chi connectivity index (χ4n) is 2.57. The molecule has 2 heterocycles. The number of rotatable bonds is 4. The summed E-state index contributed by atoms with van der Waals surface area (Å²) in [5.74, 6) is 0.829. The van der Waals surface area contributed by atoms with Gasteiger partial charge in [0, 0.05) is 38.4 Å². The second-order valence-electron chi connectivity index (χ2n) is 5.58. The van der Waals surface area contributed by atoms with Gasteiger partial charge in [-0.2, -0.15) is 4.31 Å². The molecule has 0 bridgehead atoms. The number of H-pyrrole nitrogens is 1. The summed E-state index contributed by atoms with van der Waals surface area (Å²) >= 11 is 0.782. The van der Waals surface area contributed by atoms with Crippen molar-refractivity contribution in [3.8, 4) is 0 Å². The van der Waals surface area contributed by atoms with Crippen LogP contribution in [0.5, 0.6) is 0 Å². The van der Waals surface area contributed by atoms with Crippen LogP contribution in [0, 0.1) is 12.8 Å². The highest BCUT2D eigenvalue weighted by Crippen LogP contribution is 2.30. The van der Waals surface area contributed by atoms with Gasteiger partial charge in [-0.05, 0) is 25.7 Å². The van der Waals surface area contributed by atoms with Gasteiger partial charge >= 0.3 is 4.87 Å². The van der Waals surface area contributed by atoms with E-state index in [1.165, 1.54) is 17.1 Å². The zero-order valence-electron chi connectivity index (χ0n) is 11.5. The van der Waals surface area contributed by atoms with E-state index in [9.17, 15) is 13.2 Å². The first-order valence-electron chi connectivity index (χ1n) is 6.89. The van der Waals surface area contributed by atoms with Crippen LogP contribution in [0.4, 0.5) is 0 Å². The average molecular weight is 317 g/mol. The van der Waals surface area contributed by atoms with Crippen LogP contribution >= 0.6 is 11.3 Å². The van der Waals surface area contributed by atoms with Gasteiger partial charge in [-0.3, -0.25) is 4.79 Å². The second kappa shape index (κ2) is 5.25. The molecule has 0 spiro atoms.